The van der Waals surface area contributed by atoms with E-state index in [0.717, 1.165) is 70.6 Å². The number of quaternary nitrogens is 1. The lowest BCUT2D eigenvalue weighted by atomic mass is 10.0. The maximum absolute atomic E-state index is 12.9. The smallest absolute Gasteiger partial charge is 0.462 e. The minimum atomic E-state index is -4.39. The van der Waals surface area contributed by atoms with Gasteiger partial charge >= 0.3 is 19.8 Å². The maximum Gasteiger partial charge on any atom is 0.472 e. The van der Waals surface area contributed by atoms with Gasteiger partial charge in [-0.15, -0.1) is 0 Å². The van der Waals surface area contributed by atoms with E-state index in [-0.39, 0.29) is 25.6 Å². The number of likely N-dealkylation sites (N-methyl/N-ethyl adjacent to an activating group) is 1. The third-order valence-corrected chi connectivity index (χ3v) is 17.7. The Balaban J connectivity index is 3.98. The van der Waals surface area contributed by atoms with Gasteiger partial charge in [0, 0.05) is 12.8 Å². The van der Waals surface area contributed by atoms with Crippen LogP contribution in [0.2, 0.25) is 0 Å². The minimum absolute atomic E-state index is 0.0326. The molecule has 0 saturated heterocycles. The molecule has 0 aliphatic heterocycles. The second-order valence-electron chi connectivity index (χ2n) is 26.7. The Labute approximate surface area is 546 Å². The van der Waals surface area contributed by atoms with E-state index < -0.39 is 26.5 Å². The monoisotopic (exact) mass is 1260 g/mol. The number of phosphoric acid groups is 1. The van der Waals surface area contributed by atoms with Gasteiger partial charge < -0.3 is 18.9 Å². The zero-order chi connectivity index (χ0) is 64.1. The summed E-state index contributed by atoms with van der Waals surface area (Å²) in [5.41, 5.74) is 0. The van der Waals surface area contributed by atoms with Crippen molar-refractivity contribution in [2.24, 2.45) is 0 Å². The lowest BCUT2D eigenvalue weighted by molar-refractivity contribution is -0.870. The van der Waals surface area contributed by atoms with Crippen molar-refractivity contribution in [3.8, 4) is 0 Å². The van der Waals surface area contributed by atoms with Crippen LogP contribution in [0.3, 0.4) is 0 Å². The highest BCUT2D eigenvalue weighted by Gasteiger charge is 2.27. The molecule has 0 bridgehead atoms. The predicted molar refractivity (Wildman–Crippen MR) is 381 cm³/mol. The predicted octanol–water partition coefficient (Wildman–Crippen LogP) is 24.7. The molecule has 2 atom stereocenters. The van der Waals surface area contributed by atoms with E-state index >= 15 is 0 Å². The number of esters is 2. The van der Waals surface area contributed by atoms with E-state index in [9.17, 15) is 19.0 Å². The highest BCUT2D eigenvalue weighted by molar-refractivity contribution is 7.47. The normalized spacial score (nSPS) is 13.5. The third-order valence-electron chi connectivity index (χ3n) is 16.8. The van der Waals surface area contributed by atoms with Crippen LogP contribution in [-0.4, -0.2) is 74.9 Å². The van der Waals surface area contributed by atoms with Crippen molar-refractivity contribution in [1.29, 1.82) is 0 Å². The van der Waals surface area contributed by atoms with Crippen molar-refractivity contribution >= 4 is 19.8 Å². The zero-order valence-electron chi connectivity index (χ0n) is 58.7. The van der Waals surface area contributed by atoms with Crippen LogP contribution in [0.25, 0.3) is 0 Å². The molecule has 88 heavy (non-hydrogen) atoms. The van der Waals surface area contributed by atoms with Crippen molar-refractivity contribution in [3.63, 3.8) is 0 Å². The summed E-state index contributed by atoms with van der Waals surface area (Å²) in [5.74, 6) is -0.779. The summed E-state index contributed by atoms with van der Waals surface area (Å²) in [4.78, 5) is 35.9. The van der Waals surface area contributed by atoms with E-state index in [1.54, 1.807) is 0 Å². The first kappa shape index (κ1) is 85.5. The van der Waals surface area contributed by atoms with Crippen molar-refractivity contribution in [1.82, 2.24) is 0 Å². The fourth-order valence-electron chi connectivity index (χ4n) is 11.0. The van der Waals surface area contributed by atoms with Crippen LogP contribution in [0.15, 0.2) is 72.9 Å². The molecule has 9 nitrogen and oxygen atoms in total. The zero-order valence-corrected chi connectivity index (χ0v) is 59.6. The molecule has 0 spiro atoms. The standard InChI is InChI=1S/C78H144NO8P/c1-6-8-10-12-14-16-18-20-22-24-26-28-30-32-34-36-37-38-39-40-41-43-45-47-49-51-53-55-57-59-61-63-65-67-69-71-78(81)87-76(75-86-88(82,83)85-73-72-79(3,4)5)74-84-77(80)70-68-66-64-62-60-58-56-54-52-50-48-46-44-42-35-33-31-29-27-25-23-21-19-17-15-13-11-9-7-2/h8,10,14,16,20,22,26,28,32,34,37-38,76H,6-7,9,11-13,15,17-19,21,23-25,27,29-31,33,35-36,39-75H2,1-5H3/p+1/b10-8-,16-14-,22-20-,28-26-,34-32-,38-37-. The van der Waals surface area contributed by atoms with Gasteiger partial charge in [0.15, 0.2) is 6.10 Å². The van der Waals surface area contributed by atoms with Crippen LogP contribution < -0.4 is 0 Å². The molecule has 0 aromatic rings. The fraction of sp³-hybridized carbons (Fsp3) is 0.821. The molecule has 0 aromatic carbocycles. The molecule has 0 aliphatic carbocycles. The summed E-state index contributed by atoms with van der Waals surface area (Å²) in [6.07, 6.45) is 93.1. The summed E-state index contributed by atoms with van der Waals surface area (Å²) in [5, 5.41) is 0. The quantitative estimate of drug-likeness (QED) is 0.0211. The molecular formula is C78H145NO8P+. The van der Waals surface area contributed by atoms with Gasteiger partial charge in [0.1, 0.15) is 19.8 Å². The molecule has 0 aliphatic rings. The van der Waals surface area contributed by atoms with E-state index in [1.807, 2.05) is 21.1 Å². The molecule has 10 heteroatoms. The molecule has 514 valence electrons. The Morgan fingerprint density at radius 2 is 0.648 bits per heavy atom. The third kappa shape index (κ3) is 72.5. The van der Waals surface area contributed by atoms with Crippen LogP contribution >= 0.6 is 7.82 Å². The van der Waals surface area contributed by atoms with Crippen molar-refractivity contribution in [3.05, 3.63) is 72.9 Å². The van der Waals surface area contributed by atoms with Crippen molar-refractivity contribution in [2.75, 3.05) is 47.5 Å². The molecule has 0 saturated carbocycles. The highest BCUT2D eigenvalue weighted by Crippen LogP contribution is 2.43. The van der Waals surface area contributed by atoms with E-state index in [1.165, 1.54) is 257 Å². The minimum Gasteiger partial charge on any atom is -0.462 e. The van der Waals surface area contributed by atoms with Crippen LogP contribution in [-0.2, 0) is 32.7 Å². The number of phosphoric ester groups is 1. The number of ether oxygens (including phenoxy) is 2. The molecule has 0 radical (unpaired) electrons. The number of carbonyl (C=O) groups is 2. The molecule has 0 rings (SSSR count). The Kier molecular flexibility index (Phi) is 66.8. The molecule has 0 fully saturated rings. The Morgan fingerprint density at radius 3 is 0.966 bits per heavy atom. The van der Waals surface area contributed by atoms with Gasteiger partial charge in [-0.05, 0) is 64.2 Å². The second kappa shape index (κ2) is 68.8. The van der Waals surface area contributed by atoms with Gasteiger partial charge in [0.2, 0.25) is 0 Å². The van der Waals surface area contributed by atoms with Gasteiger partial charge in [-0.3, -0.25) is 18.6 Å². The largest absolute Gasteiger partial charge is 0.472 e. The van der Waals surface area contributed by atoms with Crippen LogP contribution in [0, 0.1) is 0 Å². The summed E-state index contributed by atoms with van der Waals surface area (Å²) < 4.78 is 34.8. The second-order valence-corrected chi connectivity index (χ2v) is 28.1. The van der Waals surface area contributed by atoms with Gasteiger partial charge in [-0.1, -0.05) is 356 Å². The Bertz CT molecular complexity index is 1710. The molecule has 2 unspecified atom stereocenters. The number of rotatable bonds is 70. The van der Waals surface area contributed by atoms with Gasteiger partial charge in [0.25, 0.3) is 0 Å². The van der Waals surface area contributed by atoms with E-state index in [0.29, 0.717) is 23.9 Å². The summed E-state index contributed by atoms with van der Waals surface area (Å²) in [7, 11) is 1.49. The number of hydrogen-bond acceptors (Lipinski definition) is 7. The lowest BCUT2D eigenvalue weighted by Gasteiger charge is -2.24. The molecular weight excluding hydrogens is 1110 g/mol. The van der Waals surface area contributed by atoms with Crippen LogP contribution in [0.5, 0.6) is 0 Å². The first-order valence-electron chi connectivity index (χ1n) is 37.7. The van der Waals surface area contributed by atoms with Gasteiger partial charge in [0.05, 0.1) is 27.7 Å². The molecule has 0 heterocycles. The molecule has 1 N–H and O–H groups in total. The number of hydrogen-bond donors (Lipinski definition) is 1. The number of allylic oxidation sites excluding steroid dienone is 12. The van der Waals surface area contributed by atoms with Crippen LogP contribution in [0.4, 0.5) is 0 Å². The average molecular weight is 1260 g/mol. The summed E-state index contributed by atoms with van der Waals surface area (Å²) in [6.45, 7) is 4.38. The Morgan fingerprint density at radius 1 is 0.364 bits per heavy atom. The lowest BCUT2D eigenvalue weighted by Crippen LogP contribution is -2.37. The molecule has 0 aromatic heterocycles. The average Bonchev–Trinajstić information content (AvgIpc) is 3.57. The number of carbonyl (C=O) groups excluding carboxylic acids is 2. The first-order chi connectivity index (χ1) is 43.0. The van der Waals surface area contributed by atoms with Gasteiger partial charge in [-0.2, -0.15) is 0 Å². The van der Waals surface area contributed by atoms with E-state index in [2.05, 4.69) is 86.8 Å². The van der Waals surface area contributed by atoms with Gasteiger partial charge in [-0.25, -0.2) is 4.57 Å². The van der Waals surface area contributed by atoms with Crippen molar-refractivity contribution < 1.29 is 42.1 Å². The SMILES string of the molecule is CC/C=C\C/C=C\C/C=C\C/C=C\C/C=C\C/C=C\CCCCCCCCCCCCCCCCCCC(=O)OC(COC(=O)CCCCCCCCCCCCCCCCCCCCCCCCCCCCCCC)COP(=O)(O)OCC[N+](C)(C)C. The summed E-state index contributed by atoms with van der Waals surface area (Å²) in [6, 6.07) is 0. The number of unbranched alkanes of at least 4 members (excludes halogenated alkanes) is 44. The number of nitrogens with zero attached hydrogens (tertiary/aromatic N) is 1. The van der Waals surface area contributed by atoms with E-state index in [4.69, 9.17) is 18.5 Å². The maximum atomic E-state index is 12.9. The first-order valence-corrected chi connectivity index (χ1v) is 39.2. The fourth-order valence-corrected chi connectivity index (χ4v) is 11.8. The summed E-state index contributed by atoms with van der Waals surface area (Å²) >= 11 is 0. The molecule has 0 amide bonds. The topological polar surface area (TPSA) is 108 Å². The highest BCUT2D eigenvalue weighted by atomic mass is 31.2. The van der Waals surface area contributed by atoms with Crippen LogP contribution in [0.1, 0.15) is 361 Å². The van der Waals surface area contributed by atoms with Crippen molar-refractivity contribution in [2.45, 2.75) is 367 Å². The Hall–Kier alpha value is -2.55.